The fourth-order valence-electron chi connectivity index (χ4n) is 3.44. The number of imidazole rings is 1. The molecule has 3 aromatic heterocycles. The van der Waals surface area contributed by atoms with Gasteiger partial charge in [-0.15, -0.1) is 0 Å². The number of H-pyrrole nitrogens is 1. The molecule has 3 heterocycles. The molecule has 8 nitrogen and oxygen atoms in total. The number of nitrogens with zero attached hydrogens (tertiary/aromatic N) is 5. The molecule has 0 aliphatic heterocycles. The van der Waals surface area contributed by atoms with Crippen LogP contribution in [0.4, 0.5) is 0 Å². The van der Waals surface area contributed by atoms with Crippen molar-refractivity contribution in [2.24, 2.45) is 7.05 Å². The van der Waals surface area contributed by atoms with Gasteiger partial charge in [0.2, 0.25) is 0 Å². The Morgan fingerprint density at radius 1 is 1.17 bits per heavy atom. The van der Waals surface area contributed by atoms with Crippen LogP contribution in [0, 0.1) is 20.8 Å². The van der Waals surface area contributed by atoms with Crippen molar-refractivity contribution >= 4 is 5.91 Å². The second-order valence-corrected chi connectivity index (χ2v) is 7.38. The zero-order chi connectivity index (χ0) is 21.3. The Morgan fingerprint density at radius 2 is 1.93 bits per heavy atom. The largest absolute Gasteiger partial charge is 0.361 e. The molecule has 0 spiro atoms. The maximum absolute atomic E-state index is 13.4. The lowest BCUT2D eigenvalue weighted by atomic mass is 10.1. The van der Waals surface area contributed by atoms with Gasteiger partial charge in [0.05, 0.1) is 36.4 Å². The molecule has 0 bridgehead atoms. The van der Waals surface area contributed by atoms with Gasteiger partial charge in [-0.1, -0.05) is 35.5 Å². The van der Waals surface area contributed by atoms with Crippen molar-refractivity contribution in [2.75, 3.05) is 0 Å². The van der Waals surface area contributed by atoms with Crippen molar-refractivity contribution in [3.63, 3.8) is 0 Å². The number of carbonyl (C=O) groups is 1. The predicted molar refractivity (Wildman–Crippen MR) is 112 cm³/mol. The Balaban J connectivity index is 1.63. The van der Waals surface area contributed by atoms with E-state index in [-0.39, 0.29) is 5.91 Å². The molecule has 30 heavy (non-hydrogen) atoms. The molecule has 0 fully saturated rings. The van der Waals surface area contributed by atoms with Gasteiger partial charge in [-0.25, -0.2) is 4.98 Å². The lowest BCUT2D eigenvalue weighted by Gasteiger charge is -2.21. The highest BCUT2D eigenvalue weighted by atomic mass is 16.5. The van der Waals surface area contributed by atoms with Gasteiger partial charge in [0, 0.05) is 18.3 Å². The van der Waals surface area contributed by atoms with Gasteiger partial charge in [-0.05, 0) is 26.8 Å². The highest BCUT2D eigenvalue weighted by Gasteiger charge is 2.25. The third kappa shape index (κ3) is 3.89. The summed E-state index contributed by atoms with van der Waals surface area (Å²) in [4.78, 5) is 22.9. The summed E-state index contributed by atoms with van der Waals surface area (Å²) < 4.78 is 7.02. The maximum Gasteiger partial charge on any atom is 0.260 e. The maximum atomic E-state index is 13.4. The Labute approximate surface area is 174 Å². The summed E-state index contributed by atoms with van der Waals surface area (Å²) in [6, 6.07) is 11.9. The number of hydrogen-bond donors (Lipinski definition) is 1. The number of carbonyl (C=O) groups excluding carboxylic acids is 1. The summed E-state index contributed by atoms with van der Waals surface area (Å²) in [6.07, 6.45) is 1.76. The van der Waals surface area contributed by atoms with Crippen LogP contribution in [0.2, 0.25) is 0 Å². The van der Waals surface area contributed by atoms with Crippen molar-refractivity contribution in [1.29, 1.82) is 0 Å². The number of benzene rings is 1. The van der Waals surface area contributed by atoms with Crippen LogP contribution in [0.25, 0.3) is 11.4 Å². The van der Waals surface area contributed by atoms with Crippen LogP contribution in [0.15, 0.2) is 47.1 Å². The van der Waals surface area contributed by atoms with E-state index < -0.39 is 0 Å². The van der Waals surface area contributed by atoms with Crippen LogP contribution in [0.3, 0.4) is 0 Å². The highest BCUT2D eigenvalue weighted by Crippen LogP contribution is 2.20. The molecule has 0 saturated carbocycles. The average Bonchev–Trinajstić information content (AvgIpc) is 3.42. The molecular formula is C22H24N6O2. The lowest BCUT2D eigenvalue weighted by molar-refractivity contribution is 0.0723. The average molecular weight is 404 g/mol. The molecule has 0 aliphatic carbocycles. The van der Waals surface area contributed by atoms with Crippen molar-refractivity contribution < 1.29 is 9.32 Å². The summed E-state index contributed by atoms with van der Waals surface area (Å²) >= 11 is 0. The Morgan fingerprint density at radius 3 is 2.57 bits per heavy atom. The van der Waals surface area contributed by atoms with E-state index in [1.807, 2.05) is 50.4 Å². The molecule has 0 saturated heterocycles. The predicted octanol–water partition coefficient (Wildman–Crippen LogP) is 3.57. The minimum atomic E-state index is -0.148. The first-order valence-electron chi connectivity index (χ1n) is 9.73. The standard InChI is InChI=1S/C22H24N6O2/c1-14-10-18(25-27(14)4)12-28(22(29)20-15(2)26-30-16(20)3)13-19-11-23-21(24-19)17-8-6-5-7-9-17/h5-11H,12-13H2,1-4H3,(H,23,24). The van der Waals surface area contributed by atoms with Crippen molar-refractivity contribution in [1.82, 2.24) is 29.8 Å². The van der Waals surface area contributed by atoms with E-state index in [1.165, 1.54) is 0 Å². The molecule has 0 aliphatic rings. The topological polar surface area (TPSA) is 92.8 Å². The molecule has 0 atom stereocenters. The Bertz CT molecular complexity index is 1130. The van der Waals surface area contributed by atoms with E-state index in [9.17, 15) is 4.79 Å². The Kier molecular flexibility index (Phi) is 5.22. The number of aryl methyl sites for hydroxylation is 4. The number of aromatic nitrogens is 5. The first kappa shape index (κ1) is 19.6. The van der Waals surface area contributed by atoms with Gasteiger partial charge in [0.1, 0.15) is 17.1 Å². The first-order valence-corrected chi connectivity index (χ1v) is 9.73. The summed E-state index contributed by atoms with van der Waals surface area (Å²) in [5.41, 5.74) is 4.75. The van der Waals surface area contributed by atoms with Crippen LogP contribution in [0.5, 0.6) is 0 Å². The summed E-state index contributed by atoms with van der Waals surface area (Å²) in [6.45, 7) is 6.23. The smallest absolute Gasteiger partial charge is 0.260 e. The molecule has 4 aromatic rings. The molecule has 1 amide bonds. The third-order valence-electron chi connectivity index (χ3n) is 5.09. The molecule has 154 valence electrons. The minimum absolute atomic E-state index is 0.148. The Hall–Kier alpha value is -3.68. The number of nitrogens with one attached hydrogen (secondary N) is 1. The molecule has 1 N–H and O–H groups in total. The van der Waals surface area contributed by atoms with Crippen molar-refractivity contribution in [2.45, 2.75) is 33.9 Å². The van der Waals surface area contributed by atoms with Gasteiger partial charge < -0.3 is 14.4 Å². The third-order valence-corrected chi connectivity index (χ3v) is 5.09. The fraction of sp³-hybridized carbons (Fsp3) is 0.273. The van der Waals surface area contributed by atoms with Gasteiger partial charge in [0.15, 0.2) is 0 Å². The minimum Gasteiger partial charge on any atom is -0.361 e. The normalized spacial score (nSPS) is 11.1. The van der Waals surface area contributed by atoms with Crippen molar-refractivity contribution in [3.05, 3.63) is 76.7 Å². The monoisotopic (exact) mass is 404 g/mol. The molecule has 4 rings (SSSR count). The SMILES string of the molecule is Cc1noc(C)c1C(=O)N(Cc1cc(C)n(C)n1)Cc1cnc(-c2ccccc2)[nH]1. The van der Waals surface area contributed by atoms with E-state index in [4.69, 9.17) is 4.52 Å². The molecule has 0 unspecified atom stereocenters. The number of rotatable bonds is 6. The molecule has 1 aromatic carbocycles. The van der Waals surface area contributed by atoms with E-state index in [2.05, 4.69) is 20.2 Å². The van der Waals surface area contributed by atoms with E-state index in [0.29, 0.717) is 30.1 Å². The molecule has 8 heteroatoms. The number of aromatic amines is 1. The summed E-state index contributed by atoms with van der Waals surface area (Å²) in [5.74, 6) is 1.13. The molecule has 0 radical (unpaired) electrons. The number of amides is 1. The lowest BCUT2D eigenvalue weighted by Crippen LogP contribution is -2.31. The zero-order valence-corrected chi connectivity index (χ0v) is 17.5. The first-order chi connectivity index (χ1) is 14.4. The van der Waals surface area contributed by atoms with Crippen LogP contribution < -0.4 is 0 Å². The van der Waals surface area contributed by atoms with E-state index >= 15 is 0 Å². The van der Waals surface area contributed by atoms with Gasteiger partial charge in [-0.3, -0.25) is 9.48 Å². The van der Waals surface area contributed by atoms with Crippen LogP contribution >= 0.6 is 0 Å². The number of hydrogen-bond acceptors (Lipinski definition) is 5. The molecular weight excluding hydrogens is 380 g/mol. The van der Waals surface area contributed by atoms with Gasteiger partial charge in [0.25, 0.3) is 5.91 Å². The van der Waals surface area contributed by atoms with Crippen LogP contribution in [-0.4, -0.2) is 35.7 Å². The summed E-state index contributed by atoms with van der Waals surface area (Å²) in [7, 11) is 1.89. The van der Waals surface area contributed by atoms with Crippen molar-refractivity contribution in [3.8, 4) is 11.4 Å². The van der Waals surface area contributed by atoms with E-state index in [0.717, 1.165) is 28.5 Å². The zero-order valence-electron chi connectivity index (χ0n) is 17.5. The van der Waals surface area contributed by atoms with Gasteiger partial charge in [-0.2, -0.15) is 5.10 Å². The van der Waals surface area contributed by atoms with Crippen LogP contribution in [0.1, 0.15) is 38.9 Å². The second kappa shape index (κ2) is 7.98. The summed E-state index contributed by atoms with van der Waals surface area (Å²) in [5, 5.41) is 8.44. The van der Waals surface area contributed by atoms with Crippen LogP contribution in [-0.2, 0) is 20.1 Å². The highest BCUT2D eigenvalue weighted by molar-refractivity contribution is 5.96. The van der Waals surface area contributed by atoms with E-state index in [1.54, 1.807) is 29.6 Å². The van der Waals surface area contributed by atoms with Gasteiger partial charge >= 0.3 is 0 Å². The quantitative estimate of drug-likeness (QED) is 0.530. The second-order valence-electron chi connectivity index (χ2n) is 7.38. The fourth-order valence-corrected chi connectivity index (χ4v) is 3.44.